The number of anilines is 1. The van der Waals surface area contributed by atoms with Crippen molar-refractivity contribution < 1.29 is 59.8 Å². The molecule has 0 saturated heterocycles. The van der Waals surface area contributed by atoms with Gasteiger partial charge >= 0.3 is 23.9 Å². The number of benzene rings is 2. The van der Waals surface area contributed by atoms with E-state index in [9.17, 15) is 55.0 Å². The maximum Gasteiger partial charge on any atom is 0.458 e. The van der Waals surface area contributed by atoms with Gasteiger partial charge in [0.15, 0.2) is 12.4 Å². The third-order valence-corrected chi connectivity index (χ3v) is 7.86. The summed E-state index contributed by atoms with van der Waals surface area (Å²) in [6, 6.07) is 8.24. The highest BCUT2D eigenvalue weighted by Crippen LogP contribution is 2.39. The number of ketones is 2. The van der Waals surface area contributed by atoms with Crippen LogP contribution in [-0.2, 0) is 32.0 Å². The first-order chi connectivity index (χ1) is 23.9. The zero-order valence-corrected chi connectivity index (χ0v) is 28.7. The van der Waals surface area contributed by atoms with E-state index in [4.69, 9.17) is 16.3 Å². The van der Waals surface area contributed by atoms with E-state index in [2.05, 4.69) is 29.8 Å². The maximum absolute atomic E-state index is 13.3. The van der Waals surface area contributed by atoms with Gasteiger partial charge in [-0.2, -0.15) is 26.3 Å². The molecule has 2 aromatic rings. The second-order valence-corrected chi connectivity index (χ2v) is 11.9. The fourth-order valence-corrected chi connectivity index (χ4v) is 5.06. The maximum atomic E-state index is 13.3. The van der Waals surface area contributed by atoms with Gasteiger partial charge < -0.3 is 30.7 Å². The molecule has 0 unspecified atom stereocenters. The van der Waals surface area contributed by atoms with Crippen LogP contribution in [0.2, 0.25) is 5.02 Å². The molecule has 2 aromatic carbocycles. The Morgan fingerprint density at radius 3 is 2.22 bits per heavy atom. The molecule has 0 saturated carbocycles. The first kappa shape index (κ1) is 43.2. The lowest BCUT2D eigenvalue weighted by Crippen LogP contribution is -2.43. The van der Waals surface area contributed by atoms with Crippen LogP contribution in [0.1, 0.15) is 50.7 Å². The number of alkyl halides is 6. The van der Waals surface area contributed by atoms with Gasteiger partial charge in [-0.15, -0.1) is 0 Å². The Morgan fingerprint density at radius 2 is 1.61 bits per heavy atom. The van der Waals surface area contributed by atoms with Crippen molar-refractivity contribution >= 4 is 40.7 Å². The van der Waals surface area contributed by atoms with Crippen LogP contribution >= 0.6 is 11.6 Å². The number of hydrogen-bond acceptors (Lipinski definition) is 8. The van der Waals surface area contributed by atoms with Gasteiger partial charge in [-0.3, -0.25) is 19.2 Å². The number of Topliss-reactive ketones (excluding diaryl/α,β-unsaturated/α-hetero) is 2. The van der Waals surface area contributed by atoms with Crippen molar-refractivity contribution in [1.82, 2.24) is 15.5 Å². The summed E-state index contributed by atoms with van der Waals surface area (Å²) >= 11 is 5.85. The van der Waals surface area contributed by atoms with Crippen LogP contribution < -0.4 is 20.7 Å². The first-order valence-corrected chi connectivity index (χ1v) is 16.4. The van der Waals surface area contributed by atoms with Crippen LogP contribution in [-0.4, -0.2) is 91.1 Å². The number of phenols is 1. The summed E-state index contributed by atoms with van der Waals surface area (Å²) in [6.07, 6.45) is -6.66. The number of aromatic hydroxyl groups is 1. The van der Waals surface area contributed by atoms with E-state index in [1.165, 1.54) is 6.07 Å². The molecule has 1 aliphatic heterocycles. The Morgan fingerprint density at radius 1 is 0.980 bits per heavy atom. The zero-order chi connectivity index (χ0) is 38.4. The Bertz CT molecular complexity index is 1480. The van der Waals surface area contributed by atoms with Gasteiger partial charge in [0.25, 0.3) is 5.91 Å². The SMILES string of the molecule is CCCC[C@@H](C)N(CCNCCc1ccc(O)c2c1OCC(=O)N2)C(=O)CCNCCc1ccc(F)c(Cl)c1.O=C(C(=O)C(F)(F)F)C(F)(F)F. The normalized spacial score (nSPS) is 13.3. The molecule has 0 radical (unpaired) electrons. The molecule has 3 rings (SSSR count). The van der Waals surface area contributed by atoms with E-state index in [0.29, 0.717) is 63.4 Å². The molecule has 0 spiro atoms. The molecule has 0 aromatic heterocycles. The summed E-state index contributed by atoms with van der Waals surface area (Å²) in [5.74, 6) is -6.91. The van der Waals surface area contributed by atoms with Gasteiger partial charge in [-0.05, 0) is 68.6 Å². The van der Waals surface area contributed by atoms with Crippen LogP contribution in [0, 0.1) is 5.82 Å². The second kappa shape index (κ2) is 20.2. The average Bonchev–Trinajstić information content (AvgIpc) is 3.06. The van der Waals surface area contributed by atoms with Crippen molar-refractivity contribution in [2.75, 3.05) is 44.6 Å². The monoisotopic (exact) mass is 756 g/mol. The molecule has 0 aliphatic carbocycles. The first-order valence-electron chi connectivity index (χ1n) is 16.0. The highest BCUT2D eigenvalue weighted by atomic mass is 35.5. The van der Waals surface area contributed by atoms with Gasteiger partial charge in [0.2, 0.25) is 5.91 Å². The molecule has 1 aliphatic rings. The van der Waals surface area contributed by atoms with Crippen molar-refractivity contribution in [2.24, 2.45) is 0 Å². The number of nitrogens with one attached hydrogen (secondary N) is 3. The standard InChI is InChI=1S/C29H40ClFN4O4.C4F6O2/c1-3-4-5-20(2)35(27(38)12-15-32-13-10-21-6-8-24(31)23(30)18-21)17-16-33-14-11-22-7-9-25(36)28-29(22)39-19-26(37)34-28;5-3(6,7)1(11)2(12)4(8,9)10/h6-9,18,20,32-33,36H,3-5,10-17,19H2,1-2H3,(H,34,37);/t20-;/m1./s1. The average molecular weight is 757 g/mol. The number of hydrogen-bond donors (Lipinski definition) is 4. The van der Waals surface area contributed by atoms with E-state index in [1.807, 2.05) is 4.90 Å². The van der Waals surface area contributed by atoms with Crippen LogP contribution in [0.3, 0.4) is 0 Å². The Kier molecular flexibility index (Phi) is 17.1. The topological polar surface area (TPSA) is 137 Å². The largest absolute Gasteiger partial charge is 0.506 e. The number of amides is 2. The van der Waals surface area contributed by atoms with Gasteiger partial charge in [-0.1, -0.05) is 43.5 Å². The Balaban J connectivity index is 0.000000641. The quantitative estimate of drug-likeness (QED) is 0.0717. The molecular weight excluding hydrogens is 717 g/mol. The third-order valence-electron chi connectivity index (χ3n) is 7.57. The number of phenolic OH excluding ortho intramolecular Hbond substituents is 1. The van der Waals surface area contributed by atoms with Gasteiger partial charge in [0, 0.05) is 32.1 Å². The lowest BCUT2D eigenvalue weighted by atomic mass is 10.1. The molecule has 284 valence electrons. The number of fused-ring (bicyclic) bond motifs is 1. The van der Waals surface area contributed by atoms with Gasteiger partial charge in [0.1, 0.15) is 17.3 Å². The predicted molar refractivity (Wildman–Crippen MR) is 174 cm³/mol. The summed E-state index contributed by atoms with van der Waals surface area (Å²) in [5, 5.41) is 19.5. The number of carbonyl (C=O) groups excluding carboxylic acids is 4. The number of unbranched alkanes of at least 4 members (excludes halogenated alkanes) is 1. The molecule has 1 atom stereocenters. The minimum absolute atomic E-state index is 0.0145. The molecule has 0 bridgehead atoms. The smallest absolute Gasteiger partial charge is 0.458 e. The highest BCUT2D eigenvalue weighted by Gasteiger charge is 2.54. The molecular formula is C33H40ClF7N4O6. The summed E-state index contributed by atoms with van der Waals surface area (Å²) in [7, 11) is 0. The molecule has 10 nitrogen and oxygen atoms in total. The summed E-state index contributed by atoms with van der Waals surface area (Å²) in [6.45, 7) is 7.35. The van der Waals surface area contributed by atoms with E-state index in [-0.39, 0.29) is 35.2 Å². The highest BCUT2D eigenvalue weighted by molar-refractivity contribution is 6.41. The van der Waals surface area contributed by atoms with Gasteiger partial charge in [0.05, 0.1) is 5.02 Å². The molecule has 51 heavy (non-hydrogen) atoms. The van der Waals surface area contributed by atoms with E-state index in [0.717, 1.165) is 30.4 Å². The van der Waals surface area contributed by atoms with Crippen molar-refractivity contribution in [3.63, 3.8) is 0 Å². The summed E-state index contributed by atoms with van der Waals surface area (Å²) in [4.78, 5) is 45.9. The fourth-order valence-electron chi connectivity index (χ4n) is 4.85. The summed E-state index contributed by atoms with van der Waals surface area (Å²) in [5.41, 5.74) is 2.17. The Hall–Kier alpha value is -3.96. The van der Waals surface area contributed by atoms with Crippen LogP contribution in [0.4, 0.5) is 36.4 Å². The van der Waals surface area contributed by atoms with Crippen molar-refractivity contribution in [3.8, 4) is 11.5 Å². The number of rotatable bonds is 17. The number of ether oxygens (including phenoxy) is 1. The lowest BCUT2D eigenvalue weighted by Gasteiger charge is -2.30. The predicted octanol–water partition coefficient (Wildman–Crippen LogP) is 5.53. The van der Waals surface area contributed by atoms with Crippen molar-refractivity contribution in [2.45, 2.75) is 70.8 Å². The van der Waals surface area contributed by atoms with E-state index in [1.54, 1.807) is 24.3 Å². The van der Waals surface area contributed by atoms with Crippen LogP contribution in [0.15, 0.2) is 30.3 Å². The fraction of sp³-hybridized carbons (Fsp3) is 0.515. The lowest BCUT2D eigenvalue weighted by molar-refractivity contribution is -0.193. The van der Waals surface area contributed by atoms with Crippen LogP contribution in [0.5, 0.6) is 11.5 Å². The molecule has 2 amide bonds. The minimum atomic E-state index is -5.77. The zero-order valence-electron chi connectivity index (χ0n) is 27.9. The van der Waals surface area contributed by atoms with Gasteiger partial charge in [-0.25, -0.2) is 4.39 Å². The van der Waals surface area contributed by atoms with Crippen LogP contribution in [0.25, 0.3) is 0 Å². The molecule has 18 heteroatoms. The van der Waals surface area contributed by atoms with E-state index < -0.39 is 29.7 Å². The molecule has 4 N–H and O–H groups in total. The minimum Gasteiger partial charge on any atom is -0.506 e. The number of halogens is 8. The van der Waals surface area contributed by atoms with Crippen molar-refractivity contribution in [3.05, 3.63) is 52.3 Å². The number of carbonyl (C=O) groups is 4. The second-order valence-electron chi connectivity index (χ2n) is 11.5. The molecule has 0 fully saturated rings. The summed E-state index contributed by atoms with van der Waals surface area (Å²) < 4.78 is 85.8. The van der Waals surface area contributed by atoms with E-state index >= 15 is 0 Å². The third kappa shape index (κ3) is 14.3. The Labute approximate surface area is 295 Å². The van der Waals surface area contributed by atoms with Crippen molar-refractivity contribution in [1.29, 1.82) is 0 Å². The molecule has 1 heterocycles. The number of nitrogens with zero attached hydrogens (tertiary/aromatic N) is 1.